The summed E-state index contributed by atoms with van der Waals surface area (Å²) in [5.41, 5.74) is 2.48. The molecule has 70 valence electrons. The van der Waals surface area contributed by atoms with E-state index in [-0.39, 0.29) is 5.57 Å². The lowest BCUT2D eigenvalue weighted by Crippen LogP contribution is -1.97. The molecule has 2 aliphatic rings. The van der Waals surface area contributed by atoms with E-state index in [9.17, 15) is 4.79 Å². The molecule has 0 saturated carbocycles. The maximum Gasteiger partial charge on any atom is 0.335 e. The number of fused-ring (bicyclic) bond motifs is 1. The van der Waals surface area contributed by atoms with Gasteiger partial charge in [-0.1, -0.05) is 18.7 Å². The predicted octanol–water partition coefficient (Wildman–Crippen LogP) is 2.48. The third-order valence-electron chi connectivity index (χ3n) is 2.12. The first-order chi connectivity index (χ1) is 6.70. The Morgan fingerprint density at radius 1 is 1.36 bits per heavy atom. The molecule has 1 aliphatic carbocycles. The summed E-state index contributed by atoms with van der Waals surface area (Å²) in [6.45, 7) is 3.52. The highest BCUT2D eigenvalue weighted by Gasteiger charge is 2.15. The largest absolute Gasteiger partial charge is 0.478 e. The summed E-state index contributed by atoms with van der Waals surface area (Å²) in [6, 6.07) is 5.28. The highest BCUT2D eigenvalue weighted by atomic mass is 16.4. The van der Waals surface area contributed by atoms with Crippen LogP contribution in [0.3, 0.4) is 0 Å². The second kappa shape index (κ2) is 3.03. The lowest BCUT2D eigenvalue weighted by atomic mass is 10.0. The van der Waals surface area contributed by atoms with Crippen molar-refractivity contribution >= 4 is 11.5 Å². The minimum absolute atomic E-state index is 0.103. The van der Waals surface area contributed by atoms with Crippen LogP contribution in [0.25, 0.3) is 16.7 Å². The van der Waals surface area contributed by atoms with Crippen LogP contribution in [0.5, 0.6) is 0 Å². The molecule has 0 atom stereocenters. The van der Waals surface area contributed by atoms with Gasteiger partial charge in [0.05, 0.1) is 18.1 Å². The van der Waals surface area contributed by atoms with Gasteiger partial charge in [-0.2, -0.15) is 0 Å². The number of carbonyl (C=O) groups is 1. The molecule has 1 aliphatic heterocycles. The molecular weight excluding hydrogens is 180 g/mol. The van der Waals surface area contributed by atoms with E-state index >= 15 is 0 Å². The summed E-state index contributed by atoms with van der Waals surface area (Å²) < 4.78 is 4.97. The summed E-state index contributed by atoms with van der Waals surface area (Å²) in [5, 5.41) is 8.79. The summed E-state index contributed by atoms with van der Waals surface area (Å²) in [4.78, 5) is 10.7. The van der Waals surface area contributed by atoms with Crippen LogP contribution in [0, 0.1) is 0 Å². The Morgan fingerprint density at radius 3 is 2.86 bits per heavy atom. The van der Waals surface area contributed by atoms with Crippen molar-refractivity contribution in [2.75, 3.05) is 0 Å². The minimum Gasteiger partial charge on any atom is -0.478 e. The van der Waals surface area contributed by atoms with E-state index in [1.807, 2.05) is 6.07 Å². The minimum atomic E-state index is -1.00. The van der Waals surface area contributed by atoms with Gasteiger partial charge in [-0.25, -0.2) is 4.79 Å². The molecule has 1 N–H and O–H groups in total. The third-order valence-corrected chi connectivity index (χ3v) is 2.12. The molecule has 2 rings (SSSR count). The molecule has 0 aromatic rings. The maximum absolute atomic E-state index is 10.7. The zero-order valence-electron chi connectivity index (χ0n) is 7.36. The van der Waals surface area contributed by atoms with Crippen molar-refractivity contribution in [3.8, 4) is 11.1 Å². The first kappa shape index (κ1) is 8.56. The van der Waals surface area contributed by atoms with Gasteiger partial charge < -0.3 is 9.52 Å². The molecule has 0 spiro atoms. The molecule has 0 fully saturated rings. The number of aliphatic carboxylic acids is 1. The van der Waals surface area contributed by atoms with E-state index < -0.39 is 5.97 Å². The fraction of sp³-hybridized carbons (Fsp3) is 0. The summed E-state index contributed by atoms with van der Waals surface area (Å²) in [6.07, 6.45) is 3.09. The molecule has 0 aromatic heterocycles. The Hall–Kier alpha value is -2.03. The van der Waals surface area contributed by atoms with Crippen LogP contribution >= 0.6 is 0 Å². The van der Waals surface area contributed by atoms with E-state index in [1.54, 1.807) is 18.4 Å². The van der Waals surface area contributed by atoms with Crippen molar-refractivity contribution in [1.29, 1.82) is 0 Å². The fourth-order valence-corrected chi connectivity index (χ4v) is 1.40. The van der Waals surface area contributed by atoms with Crippen molar-refractivity contribution < 1.29 is 14.3 Å². The Bertz CT molecular complexity index is 467. The van der Waals surface area contributed by atoms with Crippen LogP contribution in [0.2, 0.25) is 0 Å². The monoisotopic (exact) mass is 188 g/mol. The Kier molecular flexibility index (Phi) is 1.85. The molecule has 0 aromatic carbocycles. The summed E-state index contributed by atoms with van der Waals surface area (Å²) in [5.74, 6) is -1.00. The second-order valence-electron chi connectivity index (χ2n) is 2.96. The summed E-state index contributed by atoms with van der Waals surface area (Å²) in [7, 11) is 0. The first-order valence-electron chi connectivity index (χ1n) is 4.07. The smallest absolute Gasteiger partial charge is 0.335 e. The number of carboxylic acid groups (broad SMARTS) is 1. The van der Waals surface area contributed by atoms with Gasteiger partial charge in [-0.05, 0) is 17.2 Å². The van der Waals surface area contributed by atoms with Crippen LogP contribution in [-0.2, 0) is 4.79 Å². The zero-order chi connectivity index (χ0) is 10.1. The normalized spacial score (nSPS) is 10.3. The van der Waals surface area contributed by atoms with Gasteiger partial charge in [-0.15, -0.1) is 0 Å². The van der Waals surface area contributed by atoms with Crippen molar-refractivity contribution in [1.82, 2.24) is 0 Å². The van der Waals surface area contributed by atoms with Gasteiger partial charge in [0, 0.05) is 5.56 Å². The molecule has 14 heavy (non-hydrogen) atoms. The number of hydrogen-bond donors (Lipinski definition) is 1. The van der Waals surface area contributed by atoms with E-state index in [0.717, 1.165) is 11.1 Å². The molecule has 0 unspecified atom stereocenters. The van der Waals surface area contributed by atoms with Crippen LogP contribution in [0.4, 0.5) is 0 Å². The third kappa shape index (κ3) is 1.19. The van der Waals surface area contributed by atoms with Crippen molar-refractivity contribution in [3.63, 3.8) is 0 Å². The van der Waals surface area contributed by atoms with Gasteiger partial charge in [0.25, 0.3) is 0 Å². The molecule has 3 nitrogen and oxygen atoms in total. The van der Waals surface area contributed by atoms with E-state index in [4.69, 9.17) is 9.52 Å². The van der Waals surface area contributed by atoms with Gasteiger partial charge in [-0.3, -0.25) is 0 Å². The highest BCUT2D eigenvalue weighted by Crippen LogP contribution is 2.31. The molecule has 1 heterocycles. The zero-order valence-corrected chi connectivity index (χ0v) is 7.36. The van der Waals surface area contributed by atoms with Crippen LogP contribution in [-0.4, -0.2) is 11.1 Å². The Labute approximate surface area is 80.6 Å². The quantitative estimate of drug-likeness (QED) is 0.736. The predicted molar refractivity (Wildman–Crippen MR) is 52.0 cm³/mol. The molecular formula is C11H8O3. The van der Waals surface area contributed by atoms with Gasteiger partial charge in [0.1, 0.15) is 0 Å². The lowest BCUT2D eigenvalue weighted by molar-refractivity contribution is -0.130. The van der Waals surface area contributed by atoms with Crippen LogP contribution < -0.4 is 0 Å². The SMILES string of the molecule is C=C(C(=O)O)c1ccc2coccc1-2. The van der Waals surface area contributed by atoms with E-state index in [1.165, 1.54) is 6.26 Å². The molecule has 0 amide bonds. The van der Waals surface area contributed by atoms with Gasteiger partial charge in [0.15, 0.2) is 0 Å². The summed E-state index contributed by atoms with van der Waals surface area (Å²) >= 11 is 0. The average Bonchev–Trinajstić information content (AvgIpc) is 2.60. The number of carboxylic acids is 1. The molecule has 0 radical (unpaired) electrons. The van der Waals surface area contributed by atoms with Crippen LogP contribution in [0.15, 0.2) is 41.7 Å². The molecule has 0 bridgehead atoms. The van der Waals surface area contributed by atoms with Gasteiger partial charge >= 0.3 is 5.97 Å². The topological polar surface area (TPSA) is 50.4 Å². The van der Waals surface area contributed by atoms with Crippen molar-refractivity contribution in [2.24, 2.45) is 0 Å². The Balaban J connectivity index is 2.56. The van der Waals surface area contributed by atoms with Crippen molar-refractivity contribution in [2.45, 2.75) is 0 Å². The number of hydrogen-bond acceptors (Lipinski definition) is 2. The van der Waals surface area contributed by atoms with Gasteiger partial charge in [0.2, 0.25) is 0 Å². The second-order valence-corrected chi connectivity index (χ2v) is 2.96. The Morgan fingerprint density at radius 2 is 2.14 bits per heavy atom. The maximum atomic E-state index is 10.7. The first-order valence-corrected chi connectivity index (χ1v) is 4.07. The lowest BCUT2D eigenvalue weighted by Gasteiger charge is -2.02. The standard InChI is InChI=1S/C11H8O3/c1-7(11(12)13)9-3-2-8-6-14-5-4-10(8)9/h2-6H,1H2,(H,12,13). The molecule has 0 saturated heterocycles. The fourth-order valence-electron chi connectivity index (χ4n) is 1.40. The van der Waals surface area contributed by atoms with Crippen LogP contribution in [0.1, 0.15) is 5.56 Å². The van der Waals surface area contributed by atoms with Crippen molar-refractivity contribution in [3.05, 3.63) is 42.9 Å². The molecule has 3 heteroatoms. The van der Waals surface area contributed by atoms with E-state index in [0.29, 0.717) is 5.56 Å². The van der Waals surface area contributed by atoms with E-state index in [2.05, 4.69) is 6.58 Å². The highest BCUT2D eigenvalue weighted by molar-refractivity contribution is 6.16. The number of rotatable bonds is 2. The average molecular weight is 188 g/mol.